The molecule has 0 atom stereocenters. The first-order valence-corrected chi connectivity index (χ1v) is 11.9. The van der Waals surface area contributed by atoms with E-state index in [2.05, 4.69) is 30.2 Å². The lowest BCUT2D eigenvalue weighted by Gasteiger charge is -2.15. The van der Waals surface area contributed by atoms with Crippen LogP contribution >= 0.6 is 0 Å². The molecule has 1 fully saturated rings. The molecule has 0 bridgehead atoms. The molecule has 1 aliphatic heterocycles. The second kappa shape index (κ2) is 9.94. The Morgan fingerprint density at radius 1 is 0.906 bits per heavy atom. The number of aromatic nitrogens is 2. The average Bonchev–Trinajstić information content (AvgIpc) is 3.29. The predicted octanol–water partition coefficient (Wildman–Crippen LogP) is 3.04. The van der Waals surface area contributed by atoms with Crippen LogP contribution in [0.1, 0.15) is 12.8 Å². The molecule has 0 unspecified atom stereocenters. The van der Waals surface area contributed by atoms with Crippen LogP contribution in [0, 0.1) is 0 Å². The Morgan fingerprint density at radius 2 is 1.56 bits per heavy atom. The standard InChI is InChI=1S/C22H26N6O3S/c29-19-7-3-17(4-8-19)25-21-11-12-23-22(27-21)26-18-5-9-20(10-6-18)32(30,31)24-13-16-28-14-1-2-15-28/h3-12,24,29H,1-2,13-16H2,(H2,23,25,26,27). The molecule has 1 saturated heterocycles. The molecule has 1 aliphatic rings. The van der Waals surface area contributed by atoms with Gasteiger partial charge in [-0.2, -0.15) is 4.98 Å². The molecule has 0 spiro atoms. The number of aromatic hydroxyl groups is 1. The second-order valence-electron chi connectivity index (χ2n) is 7.53. The van der Waals surface area contributed by atoms with E-state index in [4.69, 9.17) is 0 Å². The van der Waals surface area contributed by atoms with Crippen LogP contribution in [0.4, 0.5) is 23.1 Å². The third kappa shape index (κ3) is 5.94. The molecular formula is C22H26N6O3S. The highest BCUT2D eigenvalue weighted by Gasteiger charge is 2.16. The number of anilines is 4. The SMILES string of the molecule is O=S(=O)(NCCN1CCCC1)c1ccc(Nc2nccc(Nc3ccc(O)cc3)n2)cc1. The van der Waals surface area contributed by atoms with Crippen LogP contribution in [-0.4, -0.2) is 54.6 Å². The topological polar surface area (TPSA) is 119 Å². The largest absolute Gasteiger partial charge is 0.508 e. The van der Waals surface area contributed by atoms with Gasteiger partial charge in [0.25, 0.3) is 0 Å². The summed E-state index contributed by atoms with van der Waals surface area (Å²) in [6.45, 7) is 3.20. The number of phenolic OH excluding ortho intramolecular Hbond substituents is 1. The third-order valence-electron chi connectivity index (χ3n) is 5.13. The van der Waals surface area contributed by atoms with Crippen LogP contribution in [0.2, 0.25) is 0 Å². The summed E-state index contributed by atoms with van der Waals surface area (Å²) < 4.78 is 27.7. The van der Waals surface area contributed by atoms with Crippen LogP contribution in [0.15, 0.2) is 65.7 Å². The fourth-order valence-corrected chi connectivity index (χ4v) is 4.48. The van der Waals surface area contributed by atoms with Gasteiger partial charge in [0, 0.05) is 30.7 Å². The minimum Gasteiger partial charge on any atom is -0.508 e. The third-order valence-corrected chi connectivity index (χ3v) is 6.61. The Morgan fingerprint density at radius 3 is 2.28 bits per heavy atom. The van der Waals surface area contributed by atoms with Gasteiger partial charge in [0.15, 0.2) is 0 Å². The molecule has 3 aromatic rings. The van der Waals surface area contributed by atoms with Gasteiger partial charge in [-0.05, 0) is 80.5 Å². The highest BCUT2D eigenvalue weighted by atomic mass is 32.2. The van der Waals surface area contributed by atoms with Gasteiger partial charge in [-0.3, -0.25) is 0 Å². The van der Waals surface area contributed by atoms with E-state index in [-0.39, 0.29) is 10.6 Å². The molecule has 0 amide bonds. The molecule has 0 saturated carbocycles. The molecule has 4 rings (SSSR count). The van der Waals surface area contributed by atoms with Crippen molar-refractivity contribution in [2.75, 3.05) is 36.8 Å². The minimum absolute atomic E-state index is 0.188. The summed E-state index contributed by atoms with van der Waals surface area (Å²) in [7, 11) is -3.55. The monoisotopic (exact) mass is 454 g/mol. The van der Waals surface area contributed by atoms with Gasteiger partial charge in [0.1, 0.15) is 11.6 Å². The molecular weight excluding hydrogens is 428 g/mol. The van der Waals surface area contributed by atoms with E-state index in [1.54, 1.807) is 60.8 Å². The number of likely N-dealkylation sites (tertiary alicyclic amines) is 1. The minimum atomic E-state index is -3.55. The molecule has 10 heteroatoms. The first kappa shape index (κ1) is 22.0. The summed E-state index contributed by atoms with van der Waals surface area (Å²) in [5.41, 5.74) is 1.45. The second-order valence-corrected chi connectivity index (χ2v) is 9.30. The predicted molar refractivity (Wildman–Crippen MR) is 124 cm³/mol. The van der Waals surface area contributed by atoms with Gasteiger partial charge in [-0.15, -0.1) is 0 Å². The van der Waals surface area contributed by atoms with Crippen molar-refractivity contribution in [2.24, 2.45) is 0 Å². The Hall–Kier alpha value is -3.21. The maximum absolute atomic E-state index is 12.5. The highest BCUT2D eigenvalue weighted by Crippen LogP contribution is 2.20. The van der Waals surface area contributed by atoms with E-state index in [1.807, 2.05) is 0 Å². The van der Waals surface area contributed by atoms with E-state index < -0.39 is 10.0 Å². The van der Waals surface area contributed by atoms with Crippen molar-refractivity contribution < 1.29 is 13.5 Å². The first-order valence-electron chi connectivity index (χ1n) is 10.5. The lowest BCUT2D eigenvalue weighted by molar-refractivity contribution is 0.344. The van der Waals surface area contributed by atoms with Crippen molar-refractivity contribution in [3.63, 3.8) is 0 Å². The van der Waals surface area contributed by atoms with Crippen LogP contribution < -0.4 is 15.4 Å². The fraction of sp³-hybridized carbons (Fsp3) is 0.273. The summed E-state index contributed by atoms with van der Waals surface area (Å²) in [5, 5.41) is 15.6. The zero-order valence-electron chi connectivity index (χ0n) is 17.5. The van der Waals surface area contributed by atoms with Crippen molar-refractivity contribution in [2.45, 2.75) is 17.7 Å². The number of hydrogen-bond donors (Lipinski definition) is 4. The molecule has 4 N–H and O–H groups in total. The van der Waals surface area contributed by atoms with Crippen molar-refractivity contribution in [3.8, 4) is 5.75 Å². The number of rotatable bonds is 9. The van der Waals surface area contributed by atoms with Crippen molar-refractivity contribution >= 4 is 33.2 Å². The molecule has 0 aliphatic carbocycles. The van der Waals surface area contributed by atoms with Crippen LogP contribution in [-0.2, 0) is 10.0 Å². The van der Waals surface area contributed by atoms with E-state index >= 15 is 0 Å². The number of phenols is 1. The van der Waals surface area contributed by atoms with Gasteiger partial charge in [-0.1, -0.05) is 0 Å². The van der Waals surface area contributed by atoms with E-state index in [9.17, 15) is 13.5 Å². The highest BCUT2D eigenvalue weighted by molar-refractivity contribution is 7.89. The molecule has 1 aromatic heterocycles. The number of sulfonamides is 1. The summed E-state index contributed by atoms with van der Waals surface area (Å²) in [6.07, 6.45) is 3.97. The summed E-state index contributed by atoms with van der Waals surface area (Å²) >= 11 is 0. The van der Waals surface area contributed by atoms with Gasteiger partial charge >= 0.3 is 0 Å². The molecule has 168 valence electrons. The zero-order chi connectivity index (χ0) is 22.4. The Labute approximate surface area is 187 Å². The molecule has 2 aromatic carbocycles. The summed E-state index contributed by atoms with van der Waals surface area (Å²) in [4.78, 5) is 11.1. The normalized spacial score (nSPS) is 14.4. The van der Waals surface area contributed by atoms with Crippen molar-refractivity contribution in [1.29, 1.82) is 0 Å². The Bertz CT molecular complexity index is 1130. The van der Waals surface area contributed by atoms with Gasteiger partial charge < -0.3 is 20.6 Å². The first-order chi connectivity index (χ1) is 15.5. The lowest BCUT2D eigenvalue weighted by Crippen LogP contribution is -2.33. The zero-order valence-corrected chi connectivity index (χ0v) is 18.3. The summed E-state index contributed by atoms with van der Waals surface area (Å²) in [5.74, 6) is 1.13. The lowest BCUT2D eigenvalue weighted by atomic mass is 10.3. The number of nitrogens with one attached hydrogen (secondary N) is 3. The van der Waals surface area contributed by atoms with Crippen LogP contribution in [0.25, 0.3) is 0 Å². The Kier molecular flexibility index (Phi) is 6.84. The smallest absolute Gasteiger partial charge is 0.240 e. The Balaban J connectivity index is 1.35. The number of hydrogen-bond acceptors (Lipinski definition) is 8. The van der Waals surface area contributed by atoms with Gasteiger partial charge in [0.2, 0.25) is 16.0 Å². The number of benzene rings is 2. The maximum Gasteiger partial charge on any atom is 0.240 e. The molecule has 2 heterocycles. The van der Waals surface area contributed by atoms with Gasteiger partial charge in [-0.25, -0.2) is 18.1 Å². The van der Waals surface area contributed by atoms with E-state index in [0.29, 0.717) is 24.0 Å². The van der Waals surface area contributed by atoms with Gasteiger partial charge in [0.05, 0.1) is 4.90 Å². The molecule has 0 radical (unpaired) electrons. The van der Waals surface area contributed by atoms with Crippen molar-refractivity contribution in [1.82, 2.24) is 19.6 Å². The quantitative estimate of drug-likeness (QED) is 0.364. The average molecular weight is 455 g/mol. The number of nitrogens with zero attached hydrogens (tertiary/aromatic N) is 3. The van der Waals surface area contributed by atoms with E-state index in [1.165, 1.54) is 12.8 Å². The van der Waals surface area contributed by atoms with E-state index in [0.717, 1.165) is 25.3 Å². The maximum atomic E-state index is 12.5. The van der Waals surface area contributed by atoms with Crippen LogP contribution in [0.5, 0.6) is 5.75 Å². The van der Waals surface area contributed by atoms with Crippen molar-refractivity contribution in [3.05, 3.63) is 60.8 Å². The fourth-order valence-electron chi connectivity index (χ4n) is 3.46. The molecule has 9 nitrogen and oxygen atoms in total. The van der Waals surface area contributed by atoms with Crippen LogP contribution in [0.3, 0.4) is 0 Å². The summed E-state index contributed by atoms with van der Waals surface area (Å²) in [6, 6.07) is 14.8. The molecule has 32 heavy (non-hydrogen) atoms.